The van der Waals surface area contributed by atoms with Gasteiger partial charge in [0.05, 0.1) is 19.3 Å². The van der Waals surface area contributed by atoms with Crippen LogP contribution in [0.4, 0.5) is 0 Å². The second kappa shape index (κ2) is 6.19. The average molecular weight is 284 g/mol. The van der Waals surface area contributed by atoms with E-state index in [9.17, 15) is 5.11 Å². The summed E-state index contributed by atoms with van der Waals surface area (Å²) in [5, 5.41) is 10.4. The Kier molecular flexibility index (Phi) is 4.11. The van der Waals surface area contributed by atoms with E-state index in [0.717, 1.165) is 35.5 Å². The fourth-order valence-corrected chi connectivity index (χ4v) is 2.34. The van der Waals surface area contributed by atoms with Gasteiger partial charge < -0.3 is 14.6 Å². The molecule has 0 amide bonds. The van der Waals surface area contributed by atoms with Crippen LogP contribution in [0.2, 0.25) is 0 Å². The van der Waals surface area contributed by atoms with Gasteiger partial charge in [0.25, 0.3) is 0 Å². The molecule has 1 unspecified atom stereocenters. The molecule has 1 atom stereocenters. The summed E-state index contributed by atoms with van der Waals surface area (Å²) in [5.74, 6) is 1.69. The van der Waals surface area contributed by atoms with Crippen LogP contribution in [-0.2, 0) is 6.42 Å². The van der Waals surface area contributed by atoms with Crippen molar-refractivity contribution in [1.29, 1.82) is 0 Å². The number of para-hydroxylation sites is 1. The Morgan fingerprint density at radius 3 is 2.48 bits per heavy atom. The van der Waals surface area contributed by atoms with E-state index >= 15 is 0 Å². The summed E-state index contributed by atoms with van der Waals surface area (Å²) in [5.41, 5.74) is 1.90. The molecular formula is C18H20O3. The van der Waals surface area contributed by atoms with Crippen molar-refractivity contribution in [2.75, 3.05) is 7.11 Å². The molecule has 1 N–H and O–H groups in total. The number of methoxy groups -OCH3 is 1. The van der Waals surface area contributed by atoms with Crippen molar-refractivity contribution < 1.29 is 14.6 Å². The number of benzene rings is 2. The minimum absolute atomic E-state index is 0.398. The molecule has 110 valence electrons. The number of aliphatic hydroxyl groups excluding tert-OH is 1. The van der Waals surface area contributed by atoms with Crippen molar-refractivity contribution in [3.05, 3.63) is 59.7 Å². The van der Waals surface area contributed by atoms with Crippen molar-refractivity contribution in [2.45, 2.75) is 31.5 Å². The molecule has 0 saturated heterocycles. The van der Waals surface area contributed by atoms with Gasteiger partial charge in [-0.05, 0) is 42.2 Å². The Labute approximate surface area is 125 Å². The highest BCUT2D eigenvalue weighted by atomic mass is 16.5. The maximum atomic E-state index is 10.4. The topological polar surface area (TPSA) is 38.7 Å². The molecule has 1 fully saturated rings. The molecule has 2 aromatic rings. The average Bonchev–Trinajstić information content (AvgIpc) is 3.32. The molecule has 1 saturated carbocycles. The van der Waals surface area contributed by atoms with Crippen LogP contribution in [0, 0.1) is 0 Å². The van der Waals surface area contributed by atoms with Gasteiger partial charge in [-0.1, -0.05) is 30.3 Å². The first-order valence-corrected chi connectivity index (χ1v) is 7.33. The van der Waals surface area contributed by atoms with Gasteiger partial charge >= 0.3 is 0 Å². The first-order chi connectivity index (χ1) is 10.3. The quantitative estimate of drug-likeness (QED) is 0.882. The van der Waals surface area contributed by atoms with Crippen LogP contribution in [0.1, 0.15) is 30.1 Å². The molecule has 2 aromatic carbocycles. The van der Waals surface area contributed by atoms with E-state index in [1.807, 2.05) is 48.5 Å². The maximum absolute atomic E-state index is 10.4. The first kappa shape index (κ1) is 14.0. The molecule has 1 aliphatic rings. The zero-order valence-corrected chi connectivity index (χ0v) is 12.2. The molecule has 21 heavy (non-hydrogen) atoms. The van der Waals surface area contributed by atoms with E-state index in [1.54, 1.807) is 7.11 Å². The summed E-state index contributed by atoms with van der Waals surface area (Å²) in [6.45, 7) is 0. The van der Waals surface area contributed by atoms with Gasteiger partial charge in [-0.2, -0.15) is 0 Å². The normalized spacial score (nSPS) is 15.5. The van der Waals surface area contributed by atoms with Gasteiger partial charge in [-0.15, -0.1) is 0 Å². The van der Waals surface area contributed by atoms with Crippen LogP contribution in [0.15, 0.2) is 48.5 Å². The Morgan fingerprint density at radius 2 is 1.81 bits per heavy atom. The lowest BCUT2D eigenvalue weighted by molar-refractivity contribution is 0.177. The zero-order chi connectivity index (χ0) is 14.7. The highest BCUT2D eigenvalue weighted by Crippen LogP contribution is 2.29. The lowest BCUT2D eigenvalue weighted by atomic mass is 10.0. The smallest absolute Gasteiger partial charge is 0.122 e. The van der Waals surface area contributed by atoms with Crippen LogP contribution in [0.25, 0.3) is 0 Å². The molecule has 0 radical (unpaired) electrons. The summed E-state index contributed by atoms with van der Waals surface area (Å²) >= 11 is 0. The third kappa shape index (κ3) is 3.56. The maximum Gasteiger partial charge on any atom is 0.122 e. The highest BCUT2D eigenvalue weighted by Gasteiger charge is 2.23. The minimum atomic E-state index is -0.545. The summed E-state index contributed by atoms with van der Waals surface area (Å²) < 4.78 is 11.0. The van der Waals surface area contributed by atoms with Crippen LogP contribution >= 0.6 is 0 Å². The van der Waals surface area contributed by atoms with Gasteiger partial charge in [-0.3, -0.25) is 0 Å². The molecule has 0 aliphatic heterocycles. The van der Waals surface area contributed by atoms with E-state index in [1.165, 1.54) is 0 Å². The van der Waals surface area contributed by atoms with Crippen LogP contribution < -0.4 is 9.47 Å². The SMILES string of the molecule is COc1ccccc1CC(O)c1ccc(OC2CC2)cc1. The Balaban J connectivity index is 1.67. The van der Waals surface area contributed by atoms with Crippen molar-refractivity contribution in [3.63, 3.8) is 0 Å². The monoisotopic (exact) mass is 284 g/mol. The number of hydrogen-bond acceptors (Lipinski definition) is 3. The van der Waals surface area contributed by atoms with E-state index in [4.69, 9.17) is 9.47 Å². The lowest BCUT2D eigenvalue weighted by Crippen LogP contribution is -2.03. The summed E-state index contributed by atoms with van der Waals surface area (Å²) in [4.78, 5) is 0. The summed E-state index contributed by atoms with van der Waals surface area (Å²) in [7, 11) is 1.65. The minimum Gasteiger partial charge on any atom is -0.496 e. The molecule has 0 heterocycles. The highest BCUT2D eigenvalue weighted by molar-refractivity contribution is 5.35. The molecule has 0 bridgehead atoms. The number of aliphatic hydroxyl groups is 1. The third-order valence-electron chi connectivity index (χ3n) is 3.70. The lowest BCUT2D eigenvalue weighted by Gasteiger charge is -2.14. The van der Waals surface area contributed by atoms with E-state index in [0.29, 0.717) is 12.5 Å². The number of hydrogen-bond donors (Lipinski definition) is 1. The van der Waals surface area contributed by atoms with Gasteiger partial charge in [0.2, 0.25) is 0 Å². The molecule has 3 heteroatoms. The molecule has 1 aliphatic carbocycles. The molecule has 3 nitrogen and oxygen atoms in total. The van der Waals surface area contributed by atoms with Gasteiger partial charge in [0.15, 0.2) is 0 Å². The fourth-order valence-electron chi connectivity index (χ4n) is 2.34. The molecular weight excluding hydrogens is 264 g/mol. The molecule has 0 aromatic heterocycles. The van der Waals surface area contributed by atoms with Crippen LogP contribution in [0.3, 0.4) is 0 Å². The Bertz CT molecular complexity index is 588. The van der Waals surface area contributed by atoms with Gasteiger partial charge in [-0.25, -0.2) is 0 Å². The molecule has 3 rings (SSSR count). The summed E-state index contributed by atoms with van der Waals surface area (Å²) in [6.07, 6.45) is 2.69. The molecule has 0 spiro atoms. The summed E-state index contributed by atoms with van der Waals surface area (Å²) in [6, 6.07) is 15.5. The number of rotatable bonds is 6. The predicted octanol–water partition coefficient (Wildman–Crippen LogP) is 3.51. The first-order valence-electron chi connectivity index (χ1n) is 7.33. The standard InChI is InChI=1S/C18H20O3/c1-20-18-5-3-2-4-14(18)12-17(19)13-6-8-15(9-7-13)21-16-10-11-16/h2-9,16-17,19H,10-12H2,1H3. The number of ether oxygens (including phenoxy) is 2. The fraction of sp³-hybridized carbons (Fsp3) is 0.333. The predicted molar refractivity (Wildman–Crippen MR) is 81.7 cm³/mol. The largest absolute Gasteiger partial charge is 0.496 e. The van der Waals surface area contributed by atoms with Crippen molar-refractivity contribution in [1.82, 2.24) is 0 Å². The van der Waals surface area contributed by atoms with Crippen molar-refractivity contribution in [3.8, 4) is 11.5 Å². The van der Waals surface area contributed by atoms with E-state index in [-0.39, 0.29) is 0 Å². The van der Waals surface area contributed by atoms with Crippen molar-refractivity contribution >= 4 is 0 Å². The van der Waals surface area contributed by atoms with Gasteiger partial charge in [0, 0.05) is 6.42 Å². The van der Waals surface area contributed by atoms with Crippen LogP contribution in [-0.4, -0.2) is 18.3 Å². The van der Waals surface area contributed by atoms with Crippen molar-refractivity contribution in [2.24, 2.45) is 0 Å². The van der Waals surface area contributed by atoms with E-state index < -0.39 is 6.10 Å². The van der Waals surface area contributed by atoms with E-state index in [2.05, 4.69) is 0 Å². The zero-order valence-electron chi connectivity index (χ0n) is 12.2. The second-order valence-corrected chi connectivity index (χ2v) is 5.42. The Hall–Kier alpha value is -2.00. The van der Waals surface area contributed by atoms with Gasteiger partial charge in [0.1, 0.15) is 11.5 Å². The third-order valence-corrected chi connectivity index (χ3v) is 3.70. The second-order valence-electron chi connectivity index (χ2n) is 5.42. The Morgan fingerprint density at radius 1 is 1.10 bits per heavy atom. The van der Waals surface area contributed by atoms with Crippen LogP contribution in [0.5, 0.6) is 11.5 Å².